The van der Waals surface area contributed by atoms with Crippen LogP contribution in [0.3, 0.4) is 0 Å². The van der Waals surface area contributed by atoms with E-state index in [2.05, 4.69) is 11.2 Å². The van der Waals surface area contributed by atoms with Crippen LogP contribution in [0.1, 0.15) is 18.3 Å². The van der Waals surface area contributed by atoms with E-state index in [0.717, 1.165) is 17.3 Å². The van der Waals surface area contributed by atoms with E-state index < -0.39 is 0 Å². The van der Waals surface area contributed by atoms with Gasteiger partial charge in [0.05, 0.1) is 12.2 Å². The predicted molar refractivity (Wildman–Crippen MR) is 51.3 cm³/mol. The summed E-state index contributed by atoms with van der Waals surface area (Å²) in [7, 11) is 0. The Hall–Kier alpha value is -0.760. The van der Waals surface area contributed by atoms with Gasteiger partial charge in [0.1, 0.15) is 0 Å². The van der Waals surface area contributed by atoms with Crippen LogP contribution >= 0.6 is 11.6 Å². The second-order valence-corrected chi connectivity index (χ2v) is 3.50. The molecule has 0 saturated heterocycles. The molecule has 0 atom stereocenters. The normalized spacial score (nSPS) is 12.2. The van der Waals surface area contributed by atoms with Crippen molar-refractivity contribution in [2.75, 3.05) is 0 Å². The summed E-state index contributed by atoms with van der Waals surface area (Å²) < 4.78 is 1.93. The van der Waals surface area contributed by atoms with Crippen molar-refractivity contribution in [3.05, 3.63) is 28.6 Å². The number of hydrogen-bond acceptors (Lipinski definition) is 1. The smallest absolute Gasteiger partial charge is 0.0607 e. The molecule has 0 radical (unpaired) electrons. The van der Waals surface area contributed by atoms with Gasteiger partial charge in [0.25, 0.3) is 0 Å². The summed E-state index contributed by atoms with van der Waals surface area (Å²) in [6.07, 6.45) is 1.95. The van der Waals surface area contributed by atoms with E-state index in [-0.39, 0.29) is 0 Å². The van der Waals surface area contributed by atoms with E-state index >= 15 is 0 Å². The summed E-state index contributed by atoms with van der Waals surface area (Å²) in [5.41, 5.74) is 2.22. The molecule has 0 saturated carbocycles. The summed E-state index contributed by atoms with van der Waals surface area (Å²) in [6.45, 7) is 6.65. The minimum absolute atomic E-state index is 0.759. The molecule has 0 unspecified atom stereocenters. The van der Waals surface area contributed by atoms with Crippen molar-refractivity contribution in [2.45, 2.75) is 27.3 Å². The van der Waals surface area contributed by atoms with Gasteiger partial charge >= 0.3 is 0 Å². The molecule has 1 rings (SSSR count). The van der Waals surface area contributed by atoms with Crippen molar-refractivity contribution >= 4 is 11.6 Å². The second-order valence-electron chi connectivity index (χ2n) is 2.90. The zero-order chi connectivity index (χ0) is 9.14. The van der Waals surface area contributed by atoms with E-state index in [1.165, 1.54) is 5.69 Å². The number of allylic oxidation sites excluding steroid dienone is 2. The topological polar surface area (TPSA) is 17.8 Å². The molecule has 0 fully saturated rings. The average molecular weight is 185 g/mol. The van der Waals surface area contributed by atoms with Gasteiger partial charge in [-0.25, -0.2) is 0 Å². The lowest BCUT2D eigenvalue weighted by Crippen LogP contribution is -1.99. The van der Waals surface area contributed by atoms with Crippen LogP contribution in [0.2, 0.25) is 0 Å². The lowest BCUT2D eigenvalue weighted by Gasteiger charge is -1.98. The van der Waals surface area contributed by atoms with Crippen molar-refractivity contribution < 1.29 is 0 Å². The largest absolute Gasteiger partial charge is 0.266 e. The maximum Gasteiger partial charge on any atom is 0.0607 e. The van der Waals surface area contributed by atoms with E-state index in [4.69, 9.17) is 11.6 Å². The average Bonchev–Trinajstić information content (AvgIpc) is 2.26. The fourth-order valence-corrected chi connectivity index (χ4v) is 1.14. The van der Waals surface area contributed by atoms with Gasteiger partial charge in [-0.2, -0.15) is 5.10 Å². The standard InChI is InChI=1S/C9H13ClN2/c1-7(10)4-5-12-9(3)6-8(2)11-12/h4,6H,5H2,1-3H3/b7-4+. The first-order valence-electron chi connectivity index (χ1n) is 3.93. The van der Waals surface area contributed by atoms with Crippen LogP contribution in [0.4, 0.5) is 0 Å². The molecule has 1 aromatic rings. The highest BCUT2D eigenvalue weighted by atomic mass is 35.5. The Morgan fingerprint density at radius 2 is 2.33 bits per heavy atom. The lowest BCUT2D eigenvalue weighted by molar-refractivity contribution is 0.671. The number of halogens is 1. The molecule has 3 heteroatoms. The van der Waals surface area contributed by atoms with Crippen LogP contribution < -0.4 is 0 Å². The van der Waals surface area contributed by atoms with Gasteiger partial charge in [-0.1, -0.05) is 11.6 Å². The van der Waals surface area contributed by atoms with Gasteiger partial charge in [0, 0.05) is 10.7 Å². The molecule has 0 aliphatic carbocycles. The molecule has 1 aromatic heterocycles. The van der Waals surface area contributed by atoms with Crippen molar-refractivity contribution in [1.29, 1.82) is 0 Å². The minimum Gasteiger partial charge on any atom is -0.266 e. The van der Waals surface area contributed by atoms with Gasteiger partial charge < -0.3 is 0 Å². The monoisotopic (exact) mass is 184 g/mol. The van der Waals surface area contributed by atoms with Crippen LogP contribution in [0.25, 0.3) is 0 Å². The summed E-state index contributed by atoms with van der Waals surface area (Å²) in [5, 5.41) is 5.10. The fourth-order valence-electron chi connectivity index (χ4n) is 1.07. The maximum atomic E-state index is 5.71. The van der Waals surface area contributed by atoms with E-state index in [1.54, 1.807) is 0 Å². The van der Waals surface area contributed by atoms with Crippen molar-refractivity contribution in [1.82, 2.24) is 9.78 Å². The highest BCUT2D eigenvalue weighted by Gasteiger charge is 1.97. The molecule has 12 heavy (non-hydrogen) atoms. The molecule has 1 heterocycles. The van der Waals surface area contributed by atoms with Gasteiger partial charge in [-0.3, -0.25) is 4.68 Å². The van der Waals surface area contributed by atoms with Gasteiger partial charge in [-0.15, -0.1) is 0 Å². The first kappa shape index (κ1) is 9.33. The third kappa shape index (κ3) is 2.38. The van der Waals surface area contributed by atoms with Gasteiger partial charge in [0.15, 0.2) is 0 Å². The molecule has 0 aromatic carbocycles. The first-order valence-corrected chi connectivity index (χ1v) is 4.30. The van der Waals surface area contributed by atoms with E-state index in [9.17, 15) is 0 Å². The second kappa shape index (κ2) is 3.76. The van der Waals surface area contributed by atoms with Crippen LogP contribution in [-0.2, 0) is 6.54 Å². The number of nitrogens with zero attached hydrogens (tertiary/aromatic N) is 2. The van der Waals surface area contributed by atoms with Crippen molar-refractivity contribution in [3.63, 3.8) is 0 Å². The number of rotatable bonds is 2. The Morgan fingerprint density at radius 1 is 1.67 bits per heavy atom. The molecule has 0 N–H and O–H groups in total. The summed E-state index contributed by atoms with van der Waals surface area (Å²) in [5.74, 6) is 0. The SMILES string of the molecule is C/C(Cl)=C\Cn1nc(C)cc1C. The Balaban J connectivity index is 2.75. The van der Waals surface area contributed by atoms with Crippen LogP contribution in [-0.4, -0.2) is 9.78 Å². The fraction of sp³-hybridized carbons (Fsp3) is 0.444. The van der Waals surface area contributed by atoms with Crippen molar-refractivity contribution in [2.24, 2.45) is 0 Å². The lowest BCUT2D eigenvalue weighted by atomic mass is 10.4. The van der Waals surface area contributed by atoms with E-state index in [0.29, 0.717) is 0 Å². The van der Waals surface area contributed by atoms with Crippen LogP contribution in [0, 0.1) is 13.8 Å². The molecule has 0 spiro atoms. The highest BCUT2D eigenvalue weighted by Crippen LogP contribution is 2.04. The quantitative estimate of drug-likeness (QED) is 0.691. The van der Waals surface area contributed by atoms with Crippen LogP contribution in [0.5, 0.6) is 0 Å². The Labute approximate surface area is 77.8 Å². The Kier molecular flexibility index (Phi) is 2.93. The Morgan fingerprint density at radius 3 is 2.75 bits per heavy atom. The zero-order valence-electron chi connectivity index (χ0n) is 7.63. The Bertz CT molecular complexity index is 295. The molecule has 2 nitrogen and oxygen atoms in total. The number of aromatic nitrogens is 2. The van der Waals surface area contributed by atoms with Gasteiger partial charge in [0.2, 0.25) is 0 Å². The third-order valence-electron chi connectivity index (χ3n) is 1.65. The van der Waals surface area contributed by atoms with E-state index in [1.807, 2.05) is 31.5 Å². The third-order valence-corrected chi connectivity index (χ3v) is 1.80. The zero-order valence-corrected chi connectivity index (χ0v) is 8.39. The number of hydrogen-bond donors (Lipinski definition) is 0. The number of aryl methyl sites for hydroxylation is 2. The molecular weight excluding hydrogens is 172 g/mol. The molecule has 0 aliphatic heterocycles. The summed E-state index contributed by atoms with van der Waals surface area (Å²) in [6, 6.07) is 2.05. The summed E-state index contributed by atoms with van der Waals surface area (Å²) >= 11 is 5.71. The molecule has 0 amide bonds. The minimum atomic E-state index is 0.759. The first-order chi connectivity index (χ1) is 5.59. The maximum absolute atomic E-state index is 5.71. The predicted octanol–water partition coefficient (Wildman–Crippen LogP) is 2.64. The van der Waals surface area contributed by atoms with Gasteiger partial charge in [-0.05, 0) is 32.9 Å². The van der Waals surface area contributed by atoms with Crippen molar-refractivity contribution in [3.8, 4) is 0 Å². The van der Waals surface area contributed by atoms with Crippen LogP contribution in [0.15, 0.2) is 17.2 Å². The molecule has 0 bridgehead atoms. The highest BCUT2D eigenvalue weighted by molar-refractivity contribution is 6.29. The summed E-state index contributed by atoms with van der Waals surface area (Å²) in [4.78, 5) is 0. The molecule has 66 valence electrons. The molecular formula is C9H13ClN2. The molecule has 0 aliphatic rings.